The average molecular weight is 505 g/mol. The first-order valence-electron chi connectivity index (χ1n) is 11.4. The maximum atomic E-state index is 13.1. The number of carbonyl (C=O) groups is 2. The van der Waals surface area contributed by atoms with Crippen molar-refractivity contribution in [3.8, 4) is 0 Å². The highest BCUT2D eigenvalue weighted by Crippen LogP contribution is 2.46. The van der Waals surface area contributed by atoms with Crippen molar-refractivity contribution in [2.45, 2.75) is 24.2 Å². The topological polar surface area (TPSA) is 84.0 Å². The summed E-state index contributed by atoms with van der Waals surface area (Å²) in [7, 11) is -0.551. The molecule has 0 unspecified atom stereocenters. The van der Waals surface area contributed by atoms with Crippen molar-refractivity contribution in [2.75, 3.05) is 29.9 Å². The summed E-state index contributed by atoms with van der Waals surface area (Å²) in [6.45, 7) is 3.63. The van der Waals surface area contributed by atoms with Gasteiger partial charge in [-0.25, -0.2) is 13.2 Å². The number of hydrogen-bond donors (Lipinski definition) is 0. The van der Waals surface area contributed by atoms with Crippen LogP contribution in [0.25, 0.3) is 0 Å². The molecule has 0 atom stereocenters. The smallest absolute Gasteiger partial charge is 0.338 e. The quantitative estimate of drug-likeness (QED) is 0.347. The second kappa shape index (κ2) is 9.62. The molecule has 0 bridgehead atoms. The van der Waals surface area contributed by atoms with E-state index in [1.165, 1.54) is 37.4 Å². The lowest BCUT2D eigenvalue weighted by molar-refractivity contribution is -0.117. The summed E-state index contributed by atoms with van der Waals surface area (Å²) < 4.78 is 32.5. The Bertz CT molecular complexity index is 1450. The van der Waals surface area contributed by atoms with Gasteiger partial charge in [-0.1, -0.05) is 56.3 Å². The molecule has 0 saturated heterocycles. The van der Waals surface area contributed by atoms with Crippen molar-refractivity contribution in [3.05, 3.63) is 102 Å². The minimum absolute atomic E-state index is 0.0451. The lowest BCUT2D eigenvalue weighted by Gasteiger charge is -2.23. The van der Waals surface area contributed by atoms with E-state index < -0.39 is 22.6 Å². The average Bonchev–Trinajstić information content (AvgIpc) is 3.08. The summed E-state index contributed by atoms with van der Waals surface area (Å²) in [5.74, 6) is -1.14. The normalized spacial score (nSPS) is 15.4. The molecule has 7 nitrogen and oxygen atoms in total. The third-order valence-corrected chi connectivity index (χ3v) is 8.21. The molecule has 0 N–H and O–H groups in total. The fourth-order valence-corrected chi connectivity index (χ4v) is 5.63. The van der Waals surface area contributed by atoms with Crippen molar-refractivity contribution in [1.29, 1.82) is 0 Å². The number of ether oxygens (including phenoxy) is 1. The lowest BCUT2D eigenvalue weighted by atomic mass is 9.83. The van der Waals surface area contributed by atoms with E-state index in [0.717, 1.165) is 21.3 Å². The van der Waals surface area contributed by atoms with Gasteiger partial charge in [0.05, 0.1) is 16.1 Å². The van der Waals surface area contributed by atoms with E-state index >= 15 is 0 Å². The van der Waals surface area contributed by atoms with Crippen molar-refractivity contribution in [3.63, 3.8) is 0 Å². The van der Waals surface area contributed by atoms with E-state index in [2.05, 4.69) is 0 Å². The summed E-state index contributed by atoms with van der Waals surface area (Å²) >= 11 is 0. The second-order valence-corrected chi connectivity index (χ2v) is 11.1. The Hall–Kier alpha value is -3.91. The van der Waals surface area contributed by atoms with Gasteiger partial charge in [0.15, 0.2) is 12.4 Å². The van der Waals surface area contributed by atoms with Crippen LogP contribution in [0, 0.1) is 0 Å². The van der Waals surface area contributed by atoms with Crippen LogP contribution in [-0.4, -0.2) is 40.9 Å². The number of hydrogen-bond acceptors (Lipinski definition) is 6. The number of likely N-dealkylation sites (N-methyl/N-ethyl adjacent to an activating group) is 1. The standard InChI is InChI=1S/C28H28N2O5S/c1-28(2)24-15-8-9-16-25(24)29(3)26(28)18-22(31)19-35-27(32)20-11-10-14-23(17-20)36(33,34)30(4)21-12-6-5-7-13-21/h5-18H,19H2,1-4H3. The van der Waals surface area contributed by atoms with Gasteiger partial charge in [-0.3, -0.25) is 9.10 Å². The van der Waals surface area contributed by atoms with Crippen molar-refractivity contribution >= 4 is 33.2 Å². The number of carbonyl (C=O) groups excluding carboxylic acids is 2. The summed E-state index contributed by atoms with van der Waals surface area (Å²) in [6.07, 6.45) is 1.50. The van der Waals surface area contributed by atoms with E-state index in [-0.39, 0.29) is 21.7 Å². The monoisotopic (exact) mass is 504 g/mol. The molecule has 0 aromatic heterocycles. The molecule has 0 radical (unpaired) electrons. The second-order valence-electron chi connectivity index (χ2n) is 9.11. The predicted octanol–water partition coefficient (Wildman–Crippen LogP) is 4.55. The molecule has 0 fully saturated rings. The number of esters is 1. The fraction of sp³-hybridized carbons (Fsp3) is 0.214. The Morgan fingerprint density at radius 2 is 1.64 bits per heavy atom. The zero-order valence-corrected chi connectivity index (χ0v) is 21.5. The molecule has 4 rings (SSSR count). The SMILES string of the molecule is CN1C(=CC(=O)COC(=O)c2cccc(S(=O)(=O)N(C)c3ccccc3)c2)C(C)(C)c2ccccc21. The molecular weight excluding hydrogens is 476 g/mol. The Balaban J connectivity index is 1.47. The van der Waals surface area contributed by atoms with Crippen LogP contribution in [-0.2, 0) is 25.0 Å². The zero-order chi connectivity index (χ0) is 26.1. The van der Waals surface area contributed by atoms with Gasteiger partial charge in [0.2, 0.25) is 0 Å². The molecule has 3 aromatic rings. The minimum atomic E-state index is -3.90. The molecule has 3 aromatic carbocycles. The third-order valence-electron chi connectivity index (χ3n) is 6.43. The maximum Gasteiger partial charge on any atom is 0.338 e. The number of fused-ring (bicyclic) bond motifs is 1. The lowest BCUT2D eigenvalue weighted by Crippen LogP contribution is -2.26. The summed E-state index contributed by atoms with van der Waals surface area (Å²) in [6, 6.07) is 22.2. The van der Waals surface area contributed by atoms with Gasteiger partial charge in [0.25, 0.3) is 10.0 Å². The molecule has 36 heavy (non-hydrogen) atoms. The minimum Gasteiger partial charge on any atom is -0.454 e. The van der Waals surface area contributed by atoms with Crippen LogP contribution in [0.3, 0.4) is 0 Å². The number of ketones is 1. The molecule has 0 saturated carbocycles. The van der Waals surface area contributed by atoms with Gasteiger partial charge < -0.3 is 9.64 Å². The highest BCUT2D eigenvalue weighted by atomic mass is 32.2. The highest BCUT2D eigenvalue weighted by molar-refractivity contribution is 7.92. The van der Waals surface area contributed by atoms with E-state index in [1.54, 1.807) is 30.3 Å². The molecule has 8 heteroatoms. The Morgan fingerprint density at radius 3 is 2.33 bits per heavy atom. The van der Waals surface area contributed by atoms with Crippen LogP contribution in [0.4, 0.5) is 11.4 Å². The van der Waals surface area contributed by atoms with Crippen molar-refractivity contribution in [2.24, 2.45) is 0 Å². The van der Waals surface area contributed by atoms with E-state index in [9.17, 15) is 18.0 Å². The van der Waals surface area contributed by atoms with E-state index in [0.29, 0.717) is 5.69 Å². The third kappa shape index (κ3) is 4.64. The van der Waals surface area contributed by atoms with Gasteiger partial charge in [0.1, 0.15) is 0 Å². The van der Waals surface area contributed by atoms with Crippen LogP contribution in [0.5, 0.6) is 0 Å². The maximum absolute atomic E-state index is 13.1. The first-order chi connectivity index (χ1) is 17.0. The van der Waals surface area contributed by atoms with Gasteiger partial charge in [-0.2, -0.15) is 0 Å². The number of sulfonamides is 1. The Labute approximate surface area is 211 Å². The summed E-state index contributed by atoms with van der Waals surface area (Å²) in [4.78, 5) is 27.3. The Morgan fingerprint density at radius 1 is 0.972 bits per heavy atom. The van der Waals surface area contributed by atoms with Crippen LogP contribution in [0.1, 0.15) is 29.8 Å². The van der Waals surface area contributed by atoms with Gasteiger partial charge in [-0.05, 0) is 42.0 Å². The molecule has 0 spiro atoms. The van der Waals surface area contributed by atoms with E-state index in [1.807, 2.05) is 50.1 Å². The number of allylic oxidation sites excluding steroid dienone is 1. The molecule has 186 valence electrons. The van der Waals surface area contributed by atoms with Crippen LogP contribution >= 0.6 is 0 Å². The number of anilines is 2. The van der Waals surface area contributed by atoms with Crippen LogP contribution in [0.15, 0.2) is 95.5 Å². The first-order valence-corrected chi connectivity index (χ1v) is 12.9. The van der Waals surface area contributed by atoms with Gasteiger partial charge in [0, 0.05) is 37.0 Å². The number of rotatable bonds is 7. The van der Waals surface area contributed by atoms with Gasteiger partial charge >= 0.3 is 5.97 Å². The fourth-order valence-electron chi connectivity index (χ4n) is 4.39. The van der Waals surface area contributed by atoms with Crippen molar-refractivity contribution < 1.29 is 22.7 Å². The molecule has 0 amide bonds. The van der Waals surface area contributed by atoms with E-state index in [4.69, 9.17) is 4.74 Å². The van der Waals surface area contributed by atoms with Crippen LogP contribution < -0.4 is 9.21 Å². The number of benzene rings is 3. The predicted molar refractivity (Wildman–Crippen MR) is 140 cm³/mol. The molecule has 0 aliphatic carbocycles. The van der Waals surface area contributed by atoms with Crippen LogP contribution in [0.2, 0.25) is 0 Å². The molecular formula is C28H28N2O5S. The highest BCUT2D eigenvalue weighted by Gasteiger charge is 2.38. The summed E-state index contributed by atoms with van der Waals surface area (Å²) in [5, 5.41) is 0. The molecule has 1 aliphatic heterocycles. The van der Waals surface area contributed by atoms with Crippen molar-refractivity contribution in [1.82, 2.24) is 0 Å². The number of para-hydroxylation sites is 2. The number of nitrogens with zero attached hydrogens (tertiary/aromatic N) is 2. The Kier molecular flexibility index (Phi) is 6.73. The first kappa shape index (κ1) is 25.2. The van der Waals surface area contributed by atoms with Gasteiger partial charge in [-0.15, -0.1) is 0 Å². The largest absolute Gasteiger partial charge is 0.454 e. The molecule has 1 heterocycles. The summed E-state index contributed by atoms with van der Waals surface area (Å²) in [5.41, 5.74) is 3.11. The zero-order valence-electron chi connectivity index (χ0n) is 20.6. The molecule has 1 aliphatic rings.